The third-order valence-electron chi connectivity index (χ3n) is 3.15. The van der Waals surface area contributed by atoms with Crippen LogP contribution < -0.4 is 10.2 Å². The molecule has 4 heteroatoms. The number of hydrazone groups is 1. The number of amides is 1. The van der Waals surface area contributed by atoms with Gasteiger partial charge in [0, 0.05) is 0 Å². The number of ether oxygens (including phenoxy) is 1. The van der Waals surface area contributed by atoms with E-state index in [1.165, 1.54) is 5.56 Å². The van der Waals surface area contributed by atoms with Crippen LogP contribution in [0, 0.1) is 20.8 Å². The summed E-state index contributed by atoms with van der Waals surface area (Å²) < 4.78 is 5.60. The molecular weight excluding hydrogens is 276 g/mol. The Morgan fingerprint density at radius 2 is 1.77 bits per heavy atom. The number of benzene rings is 2. The molecule has 0 aliphatic rings. The van der Waals surface area contributed by atoms with E-state index in [2.05, 4.69) is 10.5 Å². The lowest BCUT2D eigenvalue weighted by Crippen LogP contribution is -2.25. The van der Waals surface area contributed by atoms with Crippen LogP contribution in [0.15, 0.2) is 47.6 Å². The Morgan fingerprint density at radius 1 is 1.14 bits per heavy atom. The molecule has 0 aliphatic carbocycles. The maximum absolute atomic E-state index is 11.7. The quantitative estimate of drug-likeness (QED) is 0.680. The zero-order valence-electron chi connectivity index (χ0n) is 13.1. The number of rotatable bonds is 5. The summed E-state index contributed by atoms with van der Waals surface area (Å²) >= 11 is 0. The Kier molecular flexibility index (Phi) is 5.31. The smallest absolute Gasteiger partial charge is 0.277 e. The topological polar surface area (TPSA) is 50.7 Å². The van der Waals surface area contributed by atoms with Gasteiger partial charge in [0.15, 0.2) is 6.61 Å². The molecule has 2 aromatic carbocycles. The Balaban J connectivity index is 1.87. The molecule has 114 valence electrons. The number of hydrogen-bond acceptors (Lipinski definition) is 3. The second-order valence-corrected chi connectivity index (χ2v) is 5.22. The highest BCUT2D eigenvalue weighted by molar-refractivity contribution is 5.82. The molecular formula is C18H20N2O2. The molecule has 0 aliphatic heterocycles. The summed E-state index contributed by atoms with van der Waals surface area (Å²) in [5.74, 6) is 0.472. The number of nitrogens with zero attached hydrogens (tertiary/aromatic N) is 1. The van der Waals surface area contributed by atoms with Crippen LogP contribution in [0.3, 0.4) is 0 Å². The van der Waals surface area contributed by atoms with Crippen molar-refractivity contribution >= 4 is 12.1 Å². The van der Waals surface area contributed by atoms with Crippen molar-refractivity contribution < 1.29 is 9.53 Å². The number of aryl methyl sites for hydroxylation is 3. The molecule has 1 amide bonds. The van der Waals surface area contributed by atoms with Crippen LogP contribution in [0.25, 0.3) is 0 Å². The van der Waals surface area contributed by atoms with Crippen LogP contribution in [0.2, 0.25) is 0 Å². The van der Waals surface area contributed by atoms with E-state index in [1.807, 2.05) is 63.2 Å². The molecule has 1 N–H and O–H groups in total. The fraction of sp³-hybridized carbons (Fsp3) is 0.222. The minimum Gasteiger partial charge on any atom is -0.483 e. The summed E-state index contributed by atoms with van der Waals surface area (Å²) in [5.41, 5.74) is 6.61. The predicted octanol–water partition coefficient (Wildman–Crippen LogP) is 3.14. The number of carbonyl (C=O) groups excluding carboxylic acids is 1. The highest BCUT2D eigenvalue weighted by Crippen LogP contribution is 2.24. The van der Waals surface area contributed by atoms with Crippen LogP contribution in [-0.2, 0) is 4.79 Å². The number of nitrogens with one attached hydrogen (secondary N) is 1. The summed E-state index contributed by atoms with van der Waals surface area (Å²) in [6.07, 6.45) is 1.60. The molecule has 0 heterocycles. The van der Waals surface area contributed by atoms with Gasteiger partial charge in [-0.05, 0) is 37.5 Å². The first kappa shape index (κ1) is 15.8. The van der Waals surface area contributed by atoms with Gasteiger partial charge in [-0.15, -0.1) is 0 Å². The lowest BCUT2D eigenvalue weighted by molar-refractivity contribution is -0.123. The highest BCUT2D eigenvalue weighted by Gasteiger charge is 2.07. The monoisotopic (exact) mass is 296 g/mol. The van der Waals surface area contributed by atoms with Crippen LogP contribution >= 0.6 is 0 Å². The van der Waals surface area contributed by atoms with E-state index < -0.39 is 0 Å². The lowest BCUT2D eigenvalue weighted by atomic mass is 10.1. The second kappa shape index (κ2) is 7.41. The van der Waals surface area contributed by atoms with Crippen molar-refractivity contribution in [2.75, 3.05) is 6.61 Å². The SMILES string of the molecule is Cc1cc(C)c(OCC(=O)N/N=C/c2ccccc2)c(C)c1. The predicted molar refractivity (Wildman–Crippen MR) is 88.3 cm³/mol. The van der Waals surface area contributed by atoms with Gasteiger partial charge >= 0.3 is 0 Å². The summed E-state index contributed by atoms with van der Waals surface area (Å²) in [5, 5.41) is 3.91. The molecule has 2 aromatic rings. The average molecular weight is 296 g/mol. The molecule has 0 aromatic heterocycles. The van der Waals surface area contributed by atoms with Crippen molar-refractivity contribution in [3.63, 3.8) is 0 Å². The normalized spacial score (nSPS) is 10.7. The fourth-order valence-corrected chi connectivity index (χ4v) is 2.28. The van der Waals surface area contributed by atoms with Crippen LogP contribution in [-0.4, -0.2) is 18.7 Å². The van der Waals surface area contributed by atoms with Gasteiger partial charge in [-0.1, -0.05) is 48.0 Å². The van der Waals surface area contributed by atoms with Crippen LogP contribution in [0.1, 0.15) is 22.3 Å². The first-order valence-corrected chi connectivity index (χ1v) is 7.14. The maximum atomic E-state index is 11.7. The van der Waals surface area contributed by atoms with Crippen molar-refractivity contribution in [3.05, 3.63) is 64.7 Å². The first-order valence-electron chi connectivity index (χ1n) is 7.14. The van der Waals surface area contributed by atoms with Crippen molar-refractivity contribution in [3.8, 4) is 5.75 Å². The van der Waals surface area contributed by atoms with Gasteiger partial charge in [-0.2, -0.15) is 5.10 Å². The first-order chi connectivity index (χ1) is 10.6. The largest absolute Gasteiger partial charge is 0.483 e. The van der Waals surface area contributed by atoms with Crippen molar-refractivity contribution in [1.82, 2.24) is 5.43 Å². The van der Waals surface area contributed by atoms with Gasteiger partial charge in [0.2, 0.25) is 0 Å². The van der Waals surface area contributed by atoms with Gasteiger partial charge < -0.3 is 4.74 Å². The van der Waals surface area contributed by atoms with E-state index in [0.29, 0.717) is 0 Å². The minimum atomic E-state index is -0.286. The number of hydrogen-bond donors (Lipinski definition) is 1. The summed E-state index contributed by atoms with van der Waals surface area (Å²) in [6.45, 7) is 5.92. The zero-order valence-corrected chi connectivity index (χ0v) is 13.1. The van der Waals surface area contributed by atoms with Crippen molar-refractivity contribution in [1.29, 1.82) is 0 Å². The molecule has 0 fully saturated rings. The van der Waals surface area contributed by atoms with Crippen LogP contribution in [0.4, 0.5) is 0 Å². The standard InChI is InChI=1S/C18H20N2O2/c1-13-9-14(2)18(15(3)10-13)22-12-17(21)20-19-11-16-7-5-4-6-8-16/h4-11H,12H2,1-3H3,(H,20,21)/b19-11+. The molecule has 22 heavy (non-hydrogen) atoms. The third-order valence-corrected chi connectivity index (χ3v) is 3.15. The average Bonchev–Trinajstić information content (AvgIpc) is 2.47. The third kappa shape index (κ3) is 4.45. The van der Waals surface area contributed by atoms with Gasteiger partial charge in [0.1, 0.15) is 5.75 Å². The van der Waals surface area contributed by atoms with Gasteiger partial charge in [0.05, 0.1) is 6.21 Å². The molecule has 0 spiro atoms. The molecule has 0 unspecified atom stereocenters. The van der Waals surface area contributed by atoms with E-state index in [9.17, 15) is 4.79 Å². The van der Waals surface area contributed by atoms with E-state index in [-0.39, 0.29) is 12.5 Å². The molecule has 0 saturated carbocycles. The Bertz CT molecular complexity index is 656. The summed E-state index contributed by atoms with van der Waals surface area (Å²) in [6, 6.07) is 13.6. The van der Waals surface area contributed by atoms with Crippen LogP contribution in [0.5, 0.6) is 5.75 Å². The Morgan fingerprint density at radius 3 is 2.41 bits per heavy atom. The highest BCUT2D eigenvalue weighted by atomic mass is 16.5. The van der Waals surface area contributed by atoms with E-state index in [4.69, 9.17) is 4.74 Å². The molecule has 2 rings (SSSR count). The molecule has 4 nitrogen and oxygen atoms in total. The molecule has 0 saturated heterocycles. The number of carbonyl (C=O) groups is 1. The molecule has 0 bridgehead atoms. The molecule has 0 atom stereocenters. The second-order valence-electron chi connectivity index (χ2n) is 5.22. The zero-order chi connectivity index (χ0) is 15.9. The van der Waals surface area contributed by atoms with E-state index >= 15 is 0 Å². The van der Waals surface area contributed by atoms with Crippen molar-refractivity contribution in [2.45, 2.75) is 20.8 Å². The van der Waals surface area contributed by atoms with E-state index in [0.717, 1.165) is 22.4 Å². The minimum absolute atomic E-state index is 0.0587. The fourth-order valence-electron chi connectivity index (χ4n) is 2.28. The summed E-state index contributed by atoms with van der Waals surface area (Å²) in [4.78, 5) is 11.7. The van der Waals surface area contributed by atoms with Gasteiger partial charge in [0.25, 0.3) is 5.91 Å². The van der Waals surface area contributed by atoms with Gasteiger partial charge in [-0.3, -0.25) is 4.79 Å². The van der Waals surface area contributed by atoms with E-state index in [1.54, 1.807) is 6.21 Å². The summed E-state index contributed by atoms with van der Waals surface area (Å²) in [7, 11) is 0. The Labute approximate surface area is 130 Å². The molecule has 0 radical (unpaired) electrons. The van der Waals surface area contributed by atoms with Crippen molar-refractivity contribution in [2.24, 2.45) is 5.10 Å². The Hall–Kier alpha value is -2.62. The lowest BCUT2D eigenvalue weighted by Gasteiger charge is -2.12. The maximum Gasteiger partial charge on any atom is 0.277 e. The van der Waals surface area contributed by atoms with Gasteiger partial charge in [-0.25, -0.2) is 5.43 Å².